The second-order valence-electron chi connectivity index (χ2n) is 7.05. The van der Waals surface area contributed by atoms with Crippen LogP contribution in [0.3, 0.4) is 0 Å². The van der Waals surface area contributed by atoms with Crippen molar-refractivity contribution in [1.82, 2.24) is 9.97 Å². The van der Waals surface area contributed by atoms with E-state index in [1.807, 2.05) is 0 Å². The Balaban J connectivity index is 1.59. The molecular formula is C20H24FN3O2. The lowest BCUT2D eigenvalue weighted by atomic mass is 9.89. The highest BCUT2D eigenvalue weighted by Crippen LogP contribution is 2.25. The number of rotatable bonds is 6. The number of piperidine rings is 1. The van der Waals surface area contributed by atoms with Crippen molar-refractivity contribution in [3.63, 3.8) is 0 Å². The third-order valence-electron chi connectivity index (χ3n) is 4.48. The number of ether oxygens (including phenoxy) is 1. The average molecular weight is 357 g/mol. The first kappa shape index (κ1) is 18.3. The van der Waals surface area contributed by atoms with Gasteiger partial charge < -0.3 is 9.64 Å². The highest BCUT2D eigenvalue weighted by Gasteiger charge is 2.26. The van der Waals surface area contributed by atoms with Crippen molar-refractivity contribution >= 4 is 11.6 Å². The number of aromatic nitrogens is 2. The van der Waals surface area contributed by atoms with Crippen LogP contribution in [0.5, 0.6) is 5.88 Å². The van der Waals surface area contributed by atoms with Crippen molar-refractivity contribution in [2.75, 3.05) is 24.6 Å². The Kier molecular flexibility index (Phi) is 5.81. The Labute approximate surface area is 153 Å². The summed E-state index contributed by atoms with van der Waals surface area (Å²) in [6.45, 7) is 6.24. The number of hydrogen-bond acceptors (Lipinski definition) is 5. The fraction of sp³-hybridized carbons (Fsp3) is 0.450. The van der Waals surface area contributed by atoms with Gasteiger partial charge in [0.25, 0.3) is 0 Å². The summed E-state index contributed by atoms with van der Waals surface area (Å²) in [7, 11) is 0. The molecule has 6 heteroatoms. The number of ketones is 1. The second kappa shape index (κ2) is 8.25. The number of halogens is 1. The zero-order valence-electron chi connectivity index (χ0n) is 15.2. The minimum Gasteiger partial charge on any atom is -0.476 e. The molecule has 0 bridgehead atoms. The fourth-order valence-electron chi connectivity index (χ4n) is 3.03. The standard InChI is InChI=1S/C20H24FN3O2/c1-14(2)13-26-19-12-22-11-18(23-19)24-9-7-16(8-10-24)20(25)15-3-5-17(21)6-4-15/h3-6,11-12,14,16H,7-10,13H2,1-2H3. The molecule has 0 unspecified atom stereocenters. The van der Waals surface area contributed by atoms with E-state index in [0.717, 1.165) is 31.7 Å². The van der Waals surface area contributed by atoms with Crippen LogP contribution in [0.4, 0.5) is 10.2 Å². The maximum absolute atomic E-state index is 13.0. The molecule has 1 fully saturated rings. The van der Waals surface area contributed by atoms with Crippen LogP contribution in [-0.4, -0.2) is 35.4 Å². The number of hydrogen-bond donors (Lipinski definition) is 0. The van der Waals surface area contributed by atoms with E-state index in [4.69, 9.17) is 4.74 Å². The van der Waals surface area contributed by atoms with Crippen LogP contribution < -0.4 is 9.64 Å². The van der Waals surface area contributed by atoms with Crippen LogP contribution >= 0.6 is 0 Å². The van der Waals surface area contributed by atoms with Crippen molar-refractivity contribution in [2.45, 2.75) is 26.7 Å². The molecule has 0 saturated carbocycles. The molecule has 1 saturated heterocycles. The maximum atomic E-state index is 13.0. The van der Waals surface area contributed by atoms with Gasteiger partial charge in [-0.15, -0.1) is 0 Å². The average Bonchev–Trinajstić information content (AvgIpc) is 2.67. The monoisotopic (exact) mass is 357 g/mol. The Bertz CT molecular complexity index is 741. The Hall–Kier alpha value is -2.50. The van der Waals surface area contributed by atoms with Crippen LogP contribution in [0.1, 0.15) is 37.0 Å². The number of carbonyl (C=O) groups excluding carboxylic acids is 1. The van der Waals surface area contributed by atoms with Crippen molar-refractivity contribution < 1.29 is 13.9 Å². The molecule has 1 aromatic carbocycles. The Morgan fingerprint density at radius 1 is 1.23 bits per heavy atom. The van der Waals surface area contributed by atoms with E-state index in [2.05, 4.69) is 28.7 Å². The Morgan fingerprint density at radius 3 is 2.58 bits per heavy atom. The van der Waals surface area contributed by atoms with E-state index >= 15 is 0 Å². The number of Topliss-reactive ketones (excluding diaryl/α,β-unsaturated/α-hetero) is 1. The molecule has 2 aromatic rings. The lowest BCUT2D eigenvalue weighted by Crippen LogP contribution is -2.37. The molecule has 3 rings (SSSR count). The molecule has 0 aliphatic carbocycles. The summed E-state index contributed by atoms with van der Waals surface area (Å²) in [5, 5.41) is 0. The van der Waals surface area contributed by atoms with E-state index in [1.54, 1.807) is 24.5 Å². The summed E-state index contributed by atoms with van der Waals surface area (Å²) in [4.78, 5) is 23.4. The van der Waals surface area contributed by atoms with Crippen molar-refractivity contribution in [3.8, 4) is 5.88 Å². The van der Waals surface area contributed by atoms with E-state index in [9.17, 15) is 9.18 Å². The topological polar surface area (TPSA) is 55.3 Å². The smallest absolute Gasteiger partial charge is 0.234 e. The van der Waals surface area contributed by atoms with Gasteiger partial charge in [-0.05, 0) is 43.0 Å². The van der Waals surface area contributed by atoms with Crippen LogP contribution in [0.25, 0.3) is 0 Å². The van der Waals surface area contributed by atoms with Crippen LogP contribution in [0, 0.1) is 17.7 Å². The third-order valence-corrected chi connectivity index (χ3v) is 4.48. The third kappa shape index (κ3) is 4.56. The van der Waals surface area contributed by atoms with E-state index in [0.29, 0.717) is 24.0 Å². The largest absolute Gasteiger partial charge is 0.476 e. The highest BCUT2D eigenvalue weighted by molar-refractivity contribution is 5.97. The van der Waals surface area contributed by atoms with E-state index < -0.39 is 0 Å². The molecule has 1 aromatic heterocycles. The van der Waals surface area contributed by atoms with Crippen LogP contribution in [-0.2, 0) is 0 Å². The van der Waals surface area contributed by atoms with E-state index in [1.165, 1.54) is 12.1 Å². The highest BCUT2D eigenvalue weighted by atomic mass is 19.1. The lowest BCUT2D eigenvalue weighted by Gasteiger charge is -2.32. The van der Waals surface area contributed by atoms with Crippen molar-refractivity contribution in [2.24, 2.45) is 11.8 Å². The molecule has 1 aliphatic heterocycles. The van der Waals surface area contributed by atoms with Gasteiger partial charge in [0, 0.05) is 24.6 Å². The quantitative estimate of drug-likeness (QED) is 0.737. The van der Waals surface area contributed by atoms with Crippen molar-refractivity contribution in [1.29, 1.82) is 0 Å². The molecule has 0 spiro atoms. The van der Waals surface area contributed by atoms with Gasteiger partial charge in [-0.1, -0.05) is 13.8 Å². The van der Waals surface area contributed by atoms with Crippen molar-refractivity contribution in [3.05, 3.63) is 48.0 Å². The summed E-state index contributed by atoms with van der Waals surface area (Å²) in [5.74, 6) is 1.46. The normalized spacial score (nSPS) is 15.3. The first-order valence-electron chi connectivity index (χ1n) is 9.02. The lowest BCUT2D eigenvalue weighted by molar-refractivity contribution is 0.0900. The minimum atomic E-state index is -0.325. The molecule has 0 amide bonds. The SMILES string of the molecule is CC(C)COc1cncc(N2CCC(C(=O)c3ccc(F)cc3)CC2)n1. The molecular weight excluding hydrogens is 333 g/mol. The van der Waals surface area contributed by atoms with Gasteiger partial charge >= 0.3 is 0 Å². The zero-order valence-corrected chi connectivity index (χ0v) is 15.2. The number of nitrogens with zero attached hydrogens (tertiary/aromatic N) is 3. The van der Waals surface area contributed by atoms with Gasteiger partial charge in [-0.3, -0.25) is 9.78 Å². The van der Waals surface area contributed by atoms with Crippen LogP contribution in [0.2, 0.25) is 0 Å². The first-order chi connectivity index (χ1) is 12.5. The summed E-state index contributed by atoms with van der Waals surface area (Å²) < 4.78 is 18.7. The predicted molar refractivity (Wildman–Crippen MR) is 98.0 cm³/mol. The van der Waals surface area contributed by atoms with E-state index in [-0.39, 0.29) is 17.5 Å². The number of anilines is 1. The van der Waals surface area contributed by atoms with Gasteiger partial charge in [0.15, 0.2) is 11.6 Å². The Morgan fingerprint density at radius 2 is 1.92 bits per heavy atom. The first-order valence-corrected chi connectivity index (χ1v) is 9.02. The fourth-order valence-corrected chi connectivity index (χ4v) is 3.03. The summed E-state index contributed by atoms with van der Waals surface area (Å²) >= 11 is 0. The van der Waals surface area contributed by atoms with Gasteiger partial charge in [0.1, 0.15) is 5.82 Å². The molecule has 0 atom stereocenters. The maximum Gasteiger partial charge on any atom is 0.234 e. The van der Waals surface area contributed by atoms with Crippen LogP contribution in [0.15, 0.2) is 36.7 Å². The predicted octanol–water partition coefficient (Wildman–Crippen LogP) is 3.75. The number of benzene rings is 1. The summed E-state index contributed by atoms with van der Waals surface area (Å²) in [6, 6.07) is 5.79. The molecule has 1 aliphatic rings. The molecule has 0 N–H and O–H groups in total. The summed E-state index contributed by atoms with van der Waals surface area (Å²) in [6.07, 6.45) is 4.84. The minimum absolute atomic E-state index is 0.0370. The molecule has 138 valence electrons. The van der Waals surface area contributed by atoms with Gasteiger partial charge in [-0.25, -0.2) is 4.39 Å². The second-order valence-corrected chi connectivity index (χ2v) is 7.05. The molecule has 2 heterocycles. The molecule has 0 radical (unpaired) electrons. The summed E-state index contributed by atoms with van der Waals surface area (Å²) in [5.41, 5.74) is 0.578. The molecule has 5 nitrogen and oxygen atoms in total. The van der Waals surface area contributed by atoms with Gasteiger partial charge in [-0.2, -0.15) is 4.98 Å². The van der Waals surface area contributed by atoms with Gasteiger partial charge in [0.2, 0.25) is 5.88 Å². The van der Waals surface area contributed by atoms with Gasteiger partial charge in [0.05, 0.1) is 19.0 Å². The number of carbonyl (C=O) groups is 1. The zero-order chi connectivity index (χ0) is 18.5. The molecule has 26 heavy (non-hydrogen) atoms.